The minimum Gasteiger partial charge on any atom is -0.353 e. The maximum atomic E-state index is 13.6. The van der Waals surface area contributed by atoms with E-state index < -0.39 is 18.1 Å². The van der Waals surface area contributed by atoms with Crippen molar-refractivity contribution in [1.29, 1.82) is 0 Å². The lowest BCUT2D eigenvalue weighted by Crippen LogP contribution is -2.46. The van der Waals surface area contributed by atoms with E-state index in [1.165, 1.54) is 13.8 Å². The molecule has 15 heteroatoms. The van der Waals surface area contributed by atoms with Gasteiger partial charge in [-0.2, -0.15) is 0 Å². The van der Waals surface area contributed by atoms with Crippen LogP contribution in [0.2, 0.25) is 0 Å². The van der Waals surface area contributed by atoms with Crippen LogP contribution >= 0.6 is 0 Å². The molecule has 0 bridgehead atoms. The van der Waals surface area contributed by atoms with Gasteiger partial charge >= 0.3 is 0 Å². The molecule has 4 unspecified atom stereocenters. The van der Waals surface area contributed by atoms with Crippen molar-refractivity contribution < 1.29 is 28.8 Å². The predicted octanol–water partition coefficient (Wildman–Crippen LogP) is 1.59. The van der Waals surface area contributed by atoms with E-state index in [0.717, 1.165) is 84.0 Å². The number of unbranched alkanes of at least 4 members (excludes halogenated alkanes) is 4. The highest BCUT2D eigenvalue weighted by molar-refractivity contribution is 5.84. The van der Waals surface area contributed by atoms with Crippen LogP contribution in [0.5, 0.6) is 0 Å². The van der Waals surface area contributed by atoms with Crippen LogP contribution in [0.1, 0.15) is 129 Å². The van der Waals surface area contributed by atoms with E-state index in [0.29, 0.717) is 25.7 Å². The Morgan fingerprint density at radius 1 is 0.345 bits per heavy atom. The van der Waals surface area contributed by atoms with Crippen LogP contribution in [-0.4, -0.2) is 127 Å². The van der Waals surface area contributed by atoms with Gasteiger partial charge in [0.25, 0.3) is 0 Å². The maximum Gasteiger partial charge on any atom is 0.222 e. The molecule has 0 saturated carbocycles. The zero-order chi connectivity index (χ0) is 41.3. The topological polar surface area (TPSA) is 211 Å². The first kappa shape index (κ1) is 52.0. The number of hydrogen-bond donors (Lipinski definition) is 9. The molecule has 0 spiro atoms. The normalized spacial score (nSPS) is 13.5. The van der Waals surface area contributed by atoms with E-state index in [9.17, 15) is 28.8 Å². The SMILES string of the molecule is CNCCCCC(CC(=O)NC(CCCCNC)CC(=O)NC(CCCCNC)CC(=O)NC(CCCCNC)CC(=O)NC(CC(C)=O)CC(C)=O)NC. The molecule has 15 nitrogen and oxygen atoms in total. The lowest BCUT2D eigenvalue weighted by molar-refractivity contribution is -0.126. The fourth-order valence-corrected chi connectivity index (χ4v) is 6.70. The van der Waals surface area contributed by atoms with E-state index in [4.69, 9.17) is 0 Å². The summed E-state index contributed by atoms with van der Waals surface area (Å²) in [5.74, 6) is -1.14. The average molecular weight is 782 g/mol. The average Bonchev–Trinajstić information content (AvgIpc) is 3.10. The molecule has 55 heavy (non-hydrogen) atoms. The third-order valence-corrected chi connectivity index (χ3v) is 9.58. The minimum atomic E-state index is -0.588. The fourth-order valence-electron chi connectivity index (χ4n) is 6.70. The molecule has 4 atom stereocenters. The van der Waals surface area contributed by atoms with Gasteiger partial charge in [0.05, 0.1) is 0 Å². The monoisotopic (exact) mass is 782 g/mol. The van der Waals surface area contributed by atoms with E-state index in [1.807, 2.05) is 35.2 Å². The van der Waals surface area contributed by atoms with Gasteiger partial charge in [0, 0.05) is 68.7 Å². The Labute approximate surface area is 332 Å². The summed E-state index contributed by atoms with van der Waals surface area (Å²) in [6, 6.07) is -1.75. The minimum absolute atomic E-state index is 0.0100. The molecule has 0 radical (unpaired) electrons. The third-order valence-electron chi connectivity index (χ3n) is 9.58. The lowest BCUT2D eigenvalue weighted by Gasteiger charge is -2.25. The van der Waals surface area contributed by atoms with Crippen molar-refractivity contribution in [1.82, 2.24) is 47.9 Å². The molecule has 0 aliphatic heterocycles. The molecule has 0 rings (SSSR count). The number of nitrogens with one attached hydrogen (secondary N) is 9. The van der Waals surface area contributed by atoms with Crippen molar-refractivity contribution in [3.8, 4) is 0 Å². The molecule has 0 aromatic heterocycles. The molecule has 0 saturated heterocycles. The lowest BCUT2D eigenvalue weighted by atomic mass is 10.0. The molecule has 0 aromatic rings. The highest BCUT2D eigenvalue weighted by Crippen LogP contribution is 2.13. The zero-order valence-corrected chi connectivity index (χ0v) is 35.4. The standard InChI is InChI=1S/C40H79N9O6/c1-30(50)24-36(25-31(2)51)49-40(55)29-35(19-11-15-23-44-6)48-39(54)28-34(18-10-14-22-43-5)47-38(53)27-33(17-9-13-21-42-4)46-37(52)26-32(45-7)16-8-12-20-41-3/h32-36,41-45H,8-29H2,1-7H3,(H,46,52)(H,47,53)(H,48,54)(H,49,55). The molecule has 0 heterocycles. The summed E-state index contributed by atoms with van der Waals surface area (Å²) in [4.78, 5) is 76.9. The van der Waals surface area contributed by atoms with Crippen LogP contribution in [0.3, 0.4) is 0 Å². The molecular weight excluding hydrogens is 702 g/mol. The van der Waals surface area contributed by atoms with Gasteiger partial charge in [0.15, 0.2) is 0 Å². The number of amides is 4. The van der Waals surface area contributed by atoms with Gasteiger partial charge in [-0.25, -0.2) is 0 Å². The predicted molar refractivity (Wildman–Crippen MR) is 221 cm³/mol. The van der Waals surface area contributed by atoms with Crippen LogP contribution in [0, 0.1) is 0 Å². The fraction of sp³-hybridized carbons (Fsp3) is 0.850. The molecular formula is C40H79N9O6. The summed E-state index contributed by atoms with van der Waals surface area (Å²) >= 11 is 0. The smallest absolute Gasteiger partial charge is 0.222 e. The Hall–Kier alpha value is -2.98. The van der Waals surface area contributed by atoms with Crippen LogP contribution in [0.25, 0.3) is 0 Å². The Kier molecular flexibility index (Phi) is 32.4. The Morgan fingerprint density at radius 2 is 0.600 bits per heavy atom. The number of carbonyl (C=O) groups excluding carboxylic acids is 6. The summed E-state index contributed by atoms with van der Waals surface area (Å²) in [7, 11) is 9.46. The van der Waals surface area contributed by atoms with Crippen molar-refractivity contribution in [2.75, 3.05) is 61.4 Å². The quantitative estimate of drug-likeness (QED) is 0.0414. The van der Waals surface area contributed by atoms with Crippen molar-refractivity contribution in [2.45, 2.75) is 160 Å². The summed E-state index contributed by atoms with van der Waals surface area (Å²) < 4.78 is 0. The van der Waals surface area contributed by atoms with Gasteiger partial charge in [-0.15, -0.1) is 0 Å². The first-order valence-electron chi connectivity index (χ1n) is 20.8. The number of ketones is 2. The van der Waals surface area contributed by atoms with Gasteiger partial charge < -0.3 is 47.9 Å². The summed E-state index contributed by atoms with van der Waals surface area (Å²) in [6.07, 6.45) is 10.5. The summed E-state index contributed by atoms with van der Waals surface area (Å²) in [5, 5.41) is 27.9. The molecule has 0 aliphatic carbocycles. The van der Waals surface area contributed by atoms with Crippen LogP contribution in [0.15, 0.2) is 0 Å². The van der Waals surface area contributed by atoms with Crippen molar-refractivity contribution in [3.63, 3.8) is 0 Å². The van der Waals surface area contributed by atoms with Crippen molar-refractivity contribution in [3.05, 3.63) is 0 Å². The number of Topliss-reactive ketones (excluding diaryl/α,β-unsaturated/α-hetero) is 2. The zero-order valence-electron chi connectivity index (χ0n) is 35.4. The van der Waals surface area contributed by atoms with Gasteiger partial charge in [-0.1, -0.05) is 25.7 Å². The van der Waals surface area contributed by atoms with Gasteiger partial charge in [0.2, 0.25) is 23.6 Å². The van der Waals surface area contributed by atoms with E-state index in [2.05, 4.69) is 47.9 Å². The molecule has 0 aromatic carbocycles. The Morgan fingerprint density at radius 3 is 0.855 bits per heavy atom. The third kappa shape index (κ3) is 30.9. The number of rotatable bonds is 37. The molecule has 4 amide bonds. The molecule has 320 valence electrons. The molecule has 0 fully saturated rings. The summed E-state index contributed by atoms with van der Waals surface area (Å²) in [6.45, 7) is 6.25. The van der Waals surface area contributed by atoms with Gasteiger partial charge in [-0.05, 0) is 127 Å². The van der Waals surface area contributed by atoms with Crippen molar-refractivity contribution in [2.24, 2.45) is 0 Å². The second-order valence-corrected chi connectivity index (χ2v) is 15.1. The summed E-state index contributed by atoms with van der Waals surface area (Å²) in [5.41, 5.74) is 0. The van der Waals surface area contributed by atoms with E-state index in [1.54, 1.807) is 0 Å². The van der Waals surface area contributed by atoms with Crippen LogP contribution in [-0.2, 0) is 28.8 Å². The first-order chi connectivity index (χ1) is 26.4. The molecule has 0 aliphatic rings. The van der Waals surface area contributed by atoms with E-state index in [-0.39, 0.29) is 79.4 Å². The Bertz CT molecular complexity index is 1060. The van der Waals surface area contributed by atoms with Gasteiger partial charge in [-0.3, -0.25) is 28.8 Å². The van der Waals surface area contributed by atoms with Gasteiger partial charge in [0.1, 0.15) is 11.6 Å². The van der Waals surface area contributed by atoms with E-state index >= 15 is 0 Å². The van der Waals surface area contributed by atoms with Crippen LogP contribution in [0.4, 0.5) is 0 Å². The molecule has 9 N–H and O–H groups in total. The largest absolute Gasteiger partial charge is 0.353 e. The second-order valence-electron chi connectivity index (χ2n) is 15.1. The highest BCUT2D eigenvalue weighted by atomic mass is 16.2. The second kappa shape index (κ2) is 34.3. The van der Waals surface area contributed by atoms with Crippen molar-refractivity contribution >= 4 is 35.2 Å². The number of carbonyl (C=O) groups is 6. The Balaban J connectivity index is 5.73. The highest BCUT2D eigenvalue weighted by Gasteiger charge is 2.25. The maximum absolute atomic E-state index is 13.6. The first-order valence-corrected chi connectivity index (χ1v) is 20.8. The number of hydrogen-bond acceptors (Lipinski definition) is 11. The van der Waals surface area contributed by atoms with Crippen LogP contribution < -0.4 is 47.9 Å².